The summed E-state index contributed by atoms with van der Waals surface area (Å²) in [5, 5.41) is 2.58. The summed E-state index contributed by atoms with van der Waals surface area (Å²) < 4.78 is 35.4. The van der Waals surface area contributed by atoms with E-state index in [-0.39, 0.29) is 6.54 Å². The van der Waals surface area contributed by atoms with Crippen LogP contribution in [0.4, 0.5) is 13.6 Å². The first-order chi connectivity index (χ1) is 10.1. The molecule has 116 valence electrons. The number of rotatable bonds is 4. The van der Waals surface area contributed by atoms with E-state index in [1.54, 1.807) is 18.2 Å². The second-order valence-electron chi connectivity index (χ2n) is 4.76. The van der Waals surface area contributed by atoms with Crippen molar-refractivity contribution in [3.8, 4) is 11.5 Å². The molecule has 21 heavy (non-hydrogen) atoms. The van der Waals surface area contributed by atoms with E-state index in [4.69, 9.17) is 9.47 Å². The third-order valence-corrected chi connectivity index (χ3v) is 3.01. The van der Waals surface area contributed by atoms with Crippen molar-refractivity contribution in [2.24, 2.45) is 0 Å². The van der Waals surface area contributed by atoms with Gasteiger partial charge < -0.3 is 19.7 Å². The Labute approximate surface area is 121 Å². The molecule has 0 unspecified atom stereocenters. The largest absolute Gasteiger partial charge is 0.490 e. The smallest absolute Gasteiger partial charge is 0.317 e. The van der Waals surface area contributed by atoms with Crippen LogP contribution in [0.5, 0.6) is 11.5 Å². The van der Waals surface area contributed by atoms with Crippen LogP contribution in [0.2, 0.25) is 0 Å². The SMILES string of the molecule is CN(CC(F)F)C(=O)NCc1ccc2c(c1)OCCCO2. The molecule has 0 radical (unpaired) electrons. The van der Waals surface area contributed by atoms with Crippen LogP contribution < -0.4 is 14.8 Å². The number of fused-ring (bicyclic) bond motifs is 1. The van der Waals surface area contributed by atoms with Crippen molar-refractivity contribution in [2.75, 3.05) is 26.8 Å². The molecule has 0 aromatic heterocycles. The van der Waals surface area contributed by atoms with E-state index in [1.165, 1.54) is 7.05 Å². The van der Waals surface area contributed by atoms with Gasteiger partial charge in [-0.2, -0.15) is 0 Å². The fourth-order valence-electron chi connectivity index (χ4n) is 1.92. The van der Waals surface area contributed by atoms with Crippen LogP contribution in [0, 0.1) is 0 Å². The highest BCUT2D eigenvalue weighted by Gasteiger charge is 2.14. The minimum absolute atomic E-state index is 0.239. The third kappa shape index (κ3) is 4.47. The second-order valence-corrected chi connectivity index (χ2v) is 4.76. The second kappa shape index (κ2) is 7.10. The third-order valence-electron chi connectivity index (χ3n) is 3.01. The summed E-state index contributed by atoms with van der Waals surface area (Å²) >= 11 is 0. The van der Waals surface area contributed by atoms with Crippen LogP contribution in [0.3, 0.4) is 0 Å². The first-order valence-electron chi connectivity index (χ1n) is 6.72. The van der Waals surface area contributed by atoms with Gasteiger partial charge in [0.05, 0.1) is 19.8 Å². The highest BCUT2D eigenvalue weighted by Crippen LogP contribution is 2.30. The van der Waals surface area contributed by atoms with Crippen molar-refractivity contribution < 1.29 is 23.0 Å². The van der Waals surface area contributed by atoms with Gasteiger partial charge in [-0.05, 0) is 17.7 Å². The van der Waals surface area contributed by atoms with E-state index in [0.717, 1.165) is 16.9 Å². The maximum Gasteiger partial charge on any atom is 0.317 e. The number of ether oxygens (including phenoxy) is 2. The molecular weight excluding hydrogens is 282 g/mol. The van der Waals surface area contributed by atoms with Crippen LogP contribution in [0.25, 0.3) is 0 Å². The first kappa shape index (κ1) is 15.3. The number of amides is 2. The standard InChI is InChI=1S/C14H18F2N2O3/c1-18(9-13(15)16)14(19)17-8-10-3-4-11-12(7-10)21-6-2-5-20-11/h3-4,7,13H,2,5-6,8-9H2,1H3,(H,17,19). The van der Waals surface area contributed by atoms with Gasteiger partial charge in [0.2, 0.25) is 0 Å². The molecule has 2 rings (SSSR count). The van der Waals surface area contributed by atoms with Crippen LogP contribution in [-0.4, -0.2) is 44.2 Å². The maximum absolute atomic E-state index is 12.2. The minimum atomic E-state index is -2.54. The molecule has 1 N–H and O–H groups in total. The highest BCUT2D eigenvalue weighted by atomic mass is 19.3. The molecule has 5 nitrogen and oxygen atoms in total. The van der Waals surface area contributed by atoms with E-state index in [2.05, 4.69) is 5.32 Å². The van der Waals surface area contributed by atoms with Gasteiger partial charge in [-0.25, -0.2) is 13.6 Å². The van der Waals surface area contributed by atoms with Gasteiger partial charge in [0.15, 0.2) is 11.5 Å². The van der Waals surface area contributed by atoms with Gasteiger partial charge in [0.1, 0.15) is 0 Å². The molecule has 1 aromatic carbocycles. The van der Waals surface area contributed by atoms with E-state index in [0.29, 0.717) is 24.7 Å². The van der Waals surface area contributed by atoms with E-state index < -0.39 is 19.0 Å². The van der Waals surface area contributed by atoms with E-state index in [1.807, 2.05) is 0 Å². The first-order valence-corrected chi connectivity index (χ1v) is 6.72. The number of benzene rings is 1. The maximum atomic E-state index is 12.2. The average Bonchev–Trinajstić information content (AvgIpc) is 2.68. The summed E-state index contributed by atoms with van der Waals surface area (Å²) in [6.45, 7) is 0.845. The molecule has 0 fully saturated rings. The van der Waals surface area contributed by atoms with E-state index in [9.17, 15) is 13.6 Å². The van der Waals surface area contributed by atoms with Crippen molar-refractivity contribution >= 4 is 6.03 Å². The molecule has 1 aliphatic rings. The Morgan fingerprint density at radius 3 is 2.76 bits per heavy atom. The number of nitrogens with one attached hydrogen (secondary N) is 1. The molecule has 0 atom stereocenters. The zero-order valence-electron chi connectivity index (χ0n) is 11.8. The predicted molar refractivity (Wildman–Crippen MR) is 72.9 cm³/mol. The zero-order valence-corrected chi connectivity index (χ0v) is 11.8. The number of hydrogen-bond donors (Lipinski definition) is 1. The average molecular weight is 300 g/mol. The molecule has 1 heterocycles. The number of urea groups is 1. The number of halogens is 2. The summed E-state index contributed by atoms with van der Waals surface area (Å²) in [7, 11) is 1.33. The number of hydrogen-bond acceptors (Lipinski definition) is 3. The topological polar surface area (TPSA) is 50.8 Å². The molecule has 1 aromatic rings. The summed E-state index contributed by atoms with van der Waals surface area (Å²) in [5.41, 5.74) is 0.818. The Kier molecular flexibility index (Phi) is 5.19. The lowest BCUT2D eigenvalue weighted by Gasteiger charge is -2.17. The molecule has 0 saturated heterocycles. The minimum Gasteiger partial charge on any atom is -0.490 e. The fourth-order valence-corrected chi connectivity index (χ4v) is 1.92. The van der Waals surface area contributed by atoms with Gasteiger partial charge in [0, 0.05) is 20.0 Å². The van der Waals surface area contributed by atoms with Gasteiger partial charge in [-0.15, -0.1) is 0 Å². The molecule has 0 aliphatic carbocycles. The quantitative estimate of drug-likeness (QED) is 0.928. The number of nitrogens with zero attached hydrogens (tertiary/aromatic N) is 1. The molecule has 0 bridgehead atoms. The van der Waals surface area contributed by atoms with Gasteiger partial charge in [-0.3, -0.25) is 0 Å². The Balaban J connectivity index is 1.91. The summed E-state index contributed by atoms with van der Waals surface area (Å²) in [5.74, 6) is 1.32. The normalized spacial score (nSPS) is 13.7. The Hall–Kier alpha value is -2.05. The summed E-state index contributed by atoms with van der Waals surface area (Å²) in [6, 6.07) is 4.84. The molecule has 7 heteroatoms. The molecule has 1 aliphatic heterocycles. The van der Waals surface area contributed by atoms with Gasteiger partial charge >= 0.3 is 6.03 Å². The van der Waals surface area contributed by atoms with Crippen molar-refractivity contribution in [1.82, 2.24) is 10.2 Å². The lowest BCUT2D eigenvalue weighted by atomic mass is 10.2. The molecule has 0 saturated carbocycles. The Morgan fingerprint density at radius 1 is 1.33 bits per heavy atom. The molecule has 2 amide bonds. The van der Waals surface area contributed by atoms with Gasteiger partial charge in [0.25, 0.3) is 6.43 Å². The Bertz CT molecular complexity index is 497. The van der Waals surface area contributed by atoms with Crippen LogP contribution in [0.15, 0.2) is 18.2 Å². The predicted octanol–water partition coefficient (Wildman–Crippen LogP) is 2.25. The fraction of sp³-hybridized carbons (Fsp3) is 0.500. The monoisotopic (exact) mass is 300 g/mol. The molecular formula is C14H18F2N2O3. The van der Waals surface area contributed by atoms with Crippen molar-refractivity contribution in [3.05, 3.63) is 23.8 Å². The van der Waals surface area contributed by atoms with Crippen LogP contribution in [0.1, 0.15) is 12.0 Å². The Morgan fingerprint density at radius 2 is 2.05 bits per heavy atom. The van der Waals surface area contributed by atoms with Crippen molar-refractivity contribution in [3.63, 3.8) is 0 Å². The lowest BCUT2D eigenvalue weighted by molar-refractivity contribution is 0.108. The van der Waals surface area contributed by atoms with Gasteiger partial charge in [-0.1, -0.05) is 6.07 Å². The number of carbonyl (C=O) groups is 1. The van der Waals surface area contributed by atoms with Crippen molar-refractivity contribution in [1.29, 1.82) is 0 Å². The van der Waals surface area contributed by atoms with Crippen LogP contribution >= 0.6 is 0 Å². The number of carbonyl (C=O) groups excluding carboxylic acids is 1. The molecule has 0 spiro atoms. The van der Waals surface area contributed by atoms with Crippen LogP contribution in [-0.2, 0) is 6.54 Å². The van der Waals surface area contributed by atoms with E-state index >= 15 is 0 Å². The highest BCUT2D eigenvalue weighted by molar-refractivity contribution is 5.73. The summed E-state index contributed by atoms with van der Waals surface area (Å²) in [4.78, 5) is 12.6. The van der Waals surface area contributed by atoms with Crippen molar-refractivity contribution in [2.45, 2.75) is 19.4 Å². The number of alkyl halides is 2. The lowest BCUT2D eigenvalue weighted by Crippen LogP contribution is -2.39. The summed E-state index contributed by atoms with van der Waals surface area (Å²) in [6.07, 6.45) is -1.72. The zero-order chi connectivity index (χ0) is 15.2.